The van der Waals surface area contributed by atoms with Gasteiger partial charge in [-0.2, -0.15) is 0 Å². The number of rotatable bonds is 5. The summed E-state index contributed by atoms with van der Waals surface area (Å²) in [6.45, 7) is 3.62. The number of aryl methyl sites for hydroxylation is 2. The van der Waals surface area contributed by atoms with Crippen LogP contribution < -0.4 is 10.1 Å². The number of nitrogens with zero attached hydrogens (tertiary/aromatic N) is 1. The Balaban J connectivity index is 1.45. The van der Waals surface area contributed by atoms with Gasteiger partial charge in [-0.25, -0.2) is 9.37 Å². The smallest absolute Gasteiger partial charge is 0.262 e. The maximum Gasteiger partial charge on any atom is 0.262 e. The van der Waals surface area contributed by atoms with E-state index in [0.717, 1.165) is 11.1 Å². The second-order valence-corrected chi connectivity index (χ2v) is 7.30. The summed E-state index contributed by atoms with van der Waals surface area (Å²) in [5.74, 6) is 0.211. The summed E-state index contributed by atoms with van der Waals surface area (Å²) in [6.07, 6.45) is 0. The largest absolute Gasteiger partial charge is 0.484 e. The molecule has 4 rings (SSSR count). The van der Waals surface area contributed by atoms with Crippen LogP contribution >= 0.6 is 11.6 Å². The maximum absolute atomic E-state index is 13.4. The molecule has 1 N–H and O–H groups in total. The third kappa shape index (κ3) is 4.28. The Hall–Kier alpha value is -3.38. The predicted molar refractivity (Wildman–Crippen MR) is 114 cm³/mol. The molecule has 0 atom stereocenters. The zero-order valence-corrected chi connectivity index (χ0v) is 17.1. The molecule has 7 heteroatoms. The number of carbonyl (C=O) groups is 1. The SMILES string of the molecule is Cc1cc(OCC(=O)Nc2ccc3oc(-c4cccc(F)c4)nc3c2)cc(C)c1Cl. The van der Waals surface area contributed by atoms with E-state index in [1.807, 2.05) is 13.8 Å². The van der Waals surface area contributed by atoms with E-state index in [9.17, 15) is 9.18 Å². The van der Waals surface area contributed by atoms with Crippen molar-refractivity contribution < 1.29 is 18.3 Å². The fourth-order valence-electron chi connectivity index (χ4n) is 3.09. The van der Waals surface area contributed by atoms with Gasteiger partial charge in [0, 0.05) is 16.3 Å². The van der Waals surface area contributed by atoms with Crippen molar-refractivity contribution in [3.8, 4) is 17.2 Å². The highest BCUT2D eigenvalue weighted by molar-refractivity contribution is 6.32. The molecule has 0 aliphatic rings. The number of fused-ring (bicyclic) bond motifs is 1. The highest BCUT2D eigenvalue weighted by Gasteiger charge is 2.11. The Morgan fingerprint density at radius 1 is 1.13 bits per heavy atom. The summed E-state index contributed by atoms with van der Waals surface area (Å²) in [5.41, 5.74) is 3.96. The highest BCUT2D eigenvalue weighted by Crippen LogP contribution is 2.27. The van der Waals surface area contributed by atoms with Gasteiger partial charge >= 0.3 is 0 Å². The van der Waals surface area contributed by atoms with E-state index in [1.54, 1.807) is 42.5 Å². The predicted octanol–water partition coefficient (Wildman–Crippen LogP) is 5.92. The number of halogens is 2. The summed E-state index contributed by atoms with van der Waals surface area (Å²) in [4.78, 5) is 16.7. The molecule has 0 bridgehead atoms. The van der Waals surface area contributed by atoms with Crippen molar-refractivity contribution in [1.82, 2.24) is 4.98 Å². The van der Waals surface area contributed by atoms with Crippen molar-refractivity contribution in [2.75, 3.05) is 11.9 Å². The number of nitrogens with one attached hydrogen (secondary N) is 1. The quantitative estimate of drug-likeness (QED) is 0.431. The van der Waals surface area contributed by atoms with E-state index in [0.29, 0.717) is 39.0 Å². The first-order valence-electron chi connectivity index (χ1n) is 9.25. The number of oxazole rings is 1. The molecule has 1 amide bonds. The zero-order chi connectivity index (χ0) is 21.3. The molecule has 152 valence electrons. The van der Waals surface area contributed by atoms with E-state index in [1.165, 1.54) is 12.1 Å². The molecule has 0 aliphatic carbocycles. The zero-order valence-electron chi connectivity index (χ0n) is 16.3. The van der Waals surface area contributed by atoms with Crippen LogP contribution in [0.2, 0.25) is 5.02 Å². The molecule has 1 heterocycles. The molecule has 0 saturated heterocycles. The lowest BCUT2D eigenvalue weighted by Gasteiger charge is -2.10. The number of anilines is 1. The van der Waals surface area contributed by atoms with Crippen molar-refractivity contribution in [1.29, 1.82) is 0 Å². The van der Waals surface area contributed by atoms with E-state index >= 15 is 0 Å². The van der Waals surface area contributed by atoms with Crippen molar-refractivity contribution in [3.63, 3.8) is 0 Å². The monoisotopic (exact) mass is 424 g/mol. The molecule has 30 heavy (non-hydrogen) atoms. The van der Waals surface area contributed by atoms with Crippen molar-refractivity contribution in [2.24, 2.45) is 0 Å². The Kier molecular flexibility index (Phi) is 5.42. The van der Waals surface area contributed by atoms with E-state index < -0.39 is 0 Å². The fraction of sp³-hybridized carbons (Fsp3) is 0.130. The third-order valence-electron chi connectivity index (χ3n) is 4.52. The minimum atomic E-state index is -0.367. The lowest BCUT2D eigenvalue weighted by atomic mass is 10.1. The molecule has 0 unspecified atom stereocenters. The van der Waals surface area contributed by atoms with Crippen molar-refractivity contribution in [2.45, 2.75) is 13.8 Å². The van der Waals surface area contributed by atoms with Gasteiger partial charge in [0.25, 0.3) is 5.91 Å². The first-order chi connectivity index (χ1) is 14.4. The minimum Gasteiger partial charge on any atom is -0.484 e. The summed E-state index contributed by atoms with van der Waals surface area (Å²) in [5, 5.41) is 3.46. The van der Waals surface area contributed by atoms with Gasteiger partial charge in [0.1, 0.15) is 17.1 Å². The fourth-order valence-corrected chi connectivity index (χ4v) is 3.19. The Labute approximate surface area is 177 Å². The number of benzene rings is 3. The van der Waals surface area contributed by atoms with Crippen LogP contribution in [-0.2, 0) is 4.79 Å². The molecule has 4 aromatic rings. The number of amides is 1. The molecule has 0 aliphatic heterocycles. The van der Waals surface area contributed by atoms with Crippen LogP contribution in [0, 0.1) is 19.7 Å². The molecule has 3 aromatic carbocycles. The molecule has 5 nitrogen and oxygen atoms in total. The average molecular weight is 425 g/mol. The molecule has 0 fully saturated rings. The number of carbonyl (C=O) groups excluding carboxylic acids is 1. The van der Waals surface area contributed by atoms with Crippen LogP contribution in [-0.4, -0.2) is 17.5 Å². The second kappa shape index (κ2) is 8.16. The lowest BCUT2D eigenvalue weighted by molar-refractivity contribution is -0.118. The van der Waals surface area contributed by atoms with Gasteiger partial charge in [0.2, 0.25) is 5.89 Å². The van der Waals surface area contributed by atoms with Crippen LogP contribution in [0.15, 0.2) is 59.0 Å². The standard InChI is InChI=1S/C23H18ClFN2O3/c1-13-8-18(9-14(2)22(13)24)29-12-21(28)26-17-6-7-20-19(11-17)27-23(30-20)15-4-3-5-16(25)10-15/h3-11H,12H2,1-2H3,(H,26,28). The summed E-state index contributed by atoms with van der Waals surface area (Å²) >= 11 is 6.15. The van der Waals surface area contributed by atoms with Crippen LogP contribution in [0.5, 0.6) is 5.75 Å². The summed E-state index contributed by atoms with van der Waals surface area (Å²) in [6, 6.07) is 14.7. The van der Waals surface area contributed by atoms with Gasteiger partial charge in [0.05, 0.1) is 0 Å². The van der Waals surface area contributed by atoms with Crippen molar-refractivity contribution >= 4 is 34.3 Å². The summed E-state index contributed by atoms with van der Waals surface area (Å²) < 4.78 is 24.7. The molecular weight excluding hydrogens is 407 g/mol. The lowest BCUT2D eigenvalue weighted by Crippen LogP contribution is -2.20. The number of aromatic nitrogens is 1. The first kappa shape index (κ1) is 19.9. The Morgan fingerprint density at radius 3 is 2.63 bits per heavy atom. The van der Waals surface area contributed by atoms with Gasteiger partial charge in [-0.1, -0.05) is 17.7 Å². The molecule has 0 saturated carbocycles. The number of ether oxygens (including phenoxy) is 1. The van der Waals surface area contributed by atoms with Crippen LogP contribution in [0.3, 0.4) is 0 Å². The molecule has 0 radical (unpaired) electrons. The van der Waals surface area contributed by atoms with Gasteiger partial charge in [0.15, 0.2) is 12.2 Å². The normalized spacial score (nSPS) is 10.9. The number of hydrogen-bond acceptors (Lipinski definition) is 4. The Morgan fingerprint density at radius 2 is 1.90 bits per heavy atom. The highest BCUT2D eigenvalue weighted by atomic mass is 35.5. The summed E-state index contributed by atoms with van der Waals surface area (Å²) in [7, 11) is 0. The van der Waals surface area contributed by atoms with Gasteiger partial charge < -0.3 is 14.5 Å². The second-order valence-electron chi connectivity index (χ2n) is 6.92. The molecule has 0 spiro atoms. The van der Waals surface area contributed by atoms with E-state index in [2.05, 4.69) is 10.3 Å². The number of hydrogen-bond donors (Lipinski definition) is 1. The maximum atomic E-state index is 13.4. The van der Waals surface area contributed by atoms with Crippen LogP contribution in [0.25, 0.3) is 22.6 Å². The van der Waals surface area contributed by atoms with Gasteiger partial charge in [-0.05, 0) is 73.5 Å². The topological polar surface area (TPSA) is 64.4 Å². The third-order valence-corrected chi connectivity index (χ3v) is 5.12. The van der Waals surface area contributed by atoms with Crippen LogP contribution in [0.4, 0.5) is 10.1 Å². The first-order valence-corrected chi connectivity index (χ1v) is 9.63. The van der Waals surface area contributed by atoms with Crippen molar-refractivity contribution in [3.05, 3.63) is 76.6 Å². The van der Waals surface area contributed by atoms with Crippen LogP contribution in [0.1, 0.15) is 11.1 Å². The molecular formula is C23H18ClFN2O3. The Bertz CT molecular complexity index is 1230. The van der Waals surface area contributed by atoms with Gasteiger partial charge in [-0.3, -0.25) is 4.79 Å². The van der Waals surface area contributed by atoms with E-state index in [-0.39, 0.29) is 18.3 Å². The van der Waals surface area contributed by atoms with Gasteiger partial charge in [-0.15, -0.1) is 0 Å². The molecule has 1 aromatic heterocycles. The van der Waals surface area contributed by atoms with E-state index in [4.69, 9.17) is 20.8 Å². The minimum absolute atomic E-state index is 0.147. The average Bonchev–Trinajstić information content (AvgIpc) is 3.14.